The highest BCUT2D eigenvalue weighted by atomic mass is 14.7. The summed E-state index contributed by atoms with van der Waals surface area (Å²) >= 11 is 0. The molecule has 0 radical (unpaired) electrons. The summed E-state index contributed by atoms with van der Waals surface area (Å²) in [6, 6.07) is 6.05. The Bertz CT molecular complexity index is 238. The number of aromatic nitrogens is 1. The van der Waals surface area contributed by atoms with Crippen molar-refractivity contribution in [3.63, 3.8) is 0 Å². The van der Waals surface area contributed by atoms with Gasteiger partial charge in [0.05, 0.1) is 0 Å². The van der Waals surface area contributed by atoms with Gasteiger partial charge in [0.15, 0.2) is 0 Å². The zero-order valence-electron chi connectivity index (χ0n) is 7.70. The topological polar surface area (TPSA) is 12.9 Å². The third kappa shape index (κ3) is 2.87. The standard InChI is InChI=1S/C11H15N/c1-3-6-10(2)9-11-7-4-5-8-12-11/h3-8,10H,9H2,1-2H3/b6-3-. The van der Waals surface area contributed by atoms with Gasteiger partial charge in [0.2, 0.25) is 0 Å². The summed E-state index contributed by atoms with van der Waals surface area (Å²) in [4.78, 5) is 4.27. The van der Waals surface area contributed by atoms with Crippen molar-refractivity contribution in [3.05, 3.63) is 42.2 Å². The zero-order valence-corrected chi connectivity index (χ0v) is 7.70. The number of allylic oxidation sites excluding steroid dienone is 2. The van der Waals surface area contributed by atoms with E-state index in [-0.39, 0.29) is 0 Å². The molecule has 64 valence electrons. The number of nitrogens with zero attached hydrogens (tertiary/aromatic N) is 1. The summed E-state index contributed by atoms with van der Waals surface area (Å²) < 4.78 is 0. The quantitative estimate of drug-likeness (QED) is 0.621. The smallest absolute Gasteiger partial charge is 0.0409 e. The van der Waals surface area contributed by atoms with E-state index in [0.29, 0.717) is 5.92 Å². The van der Waals surface area contributed by atoms with E-state index in [1.807, 2.05) is 18.3 Å². The molecule has 0 spiro atoms. The fourth-order valence-electron chi connectivity index (χ4n) is 1.25. The Morgan fingerprint density at radius 3 is 2.92 bits per heavy atom. The van der Waals surface area contributed by atoms with Crippen molar-refractivity contribution in [2.45, 2.75) is 20.3 Å². The molecule has 0 saturated carbocycles. The van der Waals surface area contributed by atoms with Crippen LogP contribution in [0, 0.1) is 5.92 Å². The van der Waals surface area contributed by atoms with Crippen LogP contribution in [0.2, 0.25) is 0 Å². The van der Waals surface area contributed by atoms with Gasteiger partial charge < -0.3 is 0 Å². The minimum absolute atomic E-state index is 0.588. The first kappa shape index (κ1) is 8.98. The Morgan fingerprint density at radius 1 is 1.50 bits per heavy atom. The highest BCUT2D eigenvalue weighted by molar-refractivity contribution is 5.05. The Balaban J connectivity index is 2.52. The molecule has 0 fully saturated rings. The van der Waals surface area contributed by atoms with Crippen LogP contribution in [0.15, 0.2) is 36.5 Å². The maximum absolute atomic E-state index is 4.27. The van der Waals surface area contributed by atoms with Crippen LogP contribution < -0.4 is 0 Å². The average Bonchev–Trinajstić information content (AvgIpc) is 2.06. The van der Waals surface area contributed by atoms with Gasteiger partial charge in [-0.25, -0.2) is 0 Å². The second kappa shape index (κ2) is 4.70. The maximum atomic E-state index is 4.27. The minimum atomic E-state index is 0.588. The molecule has 12 heavy (non-hydrogen) atoms. The van der Waals surface area contributed by atoms with E-state index >= 15 is 0 Å². The molecular weight excluding hydrogens is 146 g/mol. The zero-order chi connectivity index (χ0) is 8.81. The first-order valence-corrected chi connectivity index (χ1v) is 4.35. The van der Waals surface area contributed by atoms with E-state index in [1.54, 1.807) is 0 Å². The van der Waals surface area contributed by atoms with Gasteiger partial charge in [-0.1, -0.05) is 25.1 Å². The second-order valence-electron chi connectivity index (χ2n) is 3.03. The summed E-state index contributed by atoms with van der Waals surface area (Å²) in [7, 11) is 0. The average molecular weight is 161 g/mol. The Labute approximate surface area is 74.2 Å². The van der Waals surface area contributed by atoms with Gasteiger partial charge in [-0.3, -0.25) is 4.98 Å². The van der Waals surface area contributed by atoms with Crippen molar-refractivity contribution in [3.8, 4) is 0 Å². The molecule has 1 rings (SSSR count). The molecule has 0 amide bonds. The molecule has 0 saturated heterocycles. The van der Waals surface area contributed by atoms with E-state index in [9.17, 15) is 0 Å². The molecule has 0 aliphatic carbocycles. The maximum Gasteiger partial charge on any atom is 0.0409 e. The summed E-state index contributed by atoms with van der Waals surface area (Å²) in [5, 5.41) is 0. The Morgan fingerprint density at radius 2 is 2.33 bits per heavy atom. The lowest BCUT2D eigenvalue weighted by Gasteiger charge is -2.03. The van der Waals surface area contributed by atoms with Gasteiger partial charge in [0, 0.05) is 11.9 Å². The van der Waals surface area contributed by atoms with Gasteiger partial charge in [0.1, 0.15) is 0 Å². The van der Waals surface area contributed by atoms with Crippen molar-refractivity contribution in [1.29, 1.82) is 0 Å². The van der Waals surface area contributed by atoms with Gasteiger partial charge in [-0.2, -0.15) is 0 Å². The number of hydrogen-bond acceptors (Lipinski definition) is 1. The molecule has 0 aliphatic heterocycles. The van der Waals surface area contributed by atoms with Crippen LogP contribution in [0.25, 0.3) is 0 Å². The predicted molar refractivity (Wildman–Crippen MR) is 51.9 cm³/mol. The largest absolute Gasteiger partial charge is 0.261 e. The van der Waals surface area contributed by atoms with Crippen LogP contribution in [-0.4, -0.2) is 4.98 Å². The third-order valence-corrected chi connectivity index (χ3v) is 1.78. The van der Waals surface area contributed by atoms with E-state index in [0.717, 1.165) is 6.42 Å². The minimum Gasteiger partial charge on any atom is -0.261 e. The van der Waals surface area contributed by atoms with Crippen LogP contribution in [0.5, 0.6) is 0 Å². The van der Waals surface area contributed by atoms with Crippen LogP contribution >= 0.6 is 0 Å². The van der Waals surface area contributed by atoms with Crippen LogP contribution in [0.1, 0.15) is 19.5 Å². The normalized spacial score (nSPS) is 13.5. The van der Waals surface area contributed by atoms with Crippen molar-refractivity contribution in [2.24, 2.45) is 5.92 Å². The van der Waals surface area contributed by atoms with Crippen LogP contribution in [0.4, 0.5) is 0 Å². The van der Waals surface area contributed by atoms with Crippen molar-refractivity contribution >= 4 is 0 Å². The SMILES string of the molecule is C/C=C\C(C)Cc1ccccn1. The molecule has 1 atom stereocenters. The van der Waals surface area contributed by atoms with Gasteiger partial charge in [0.25, 0.3) is 0 Å². The Hall–Kier alpha value is -1.11. The molecule has 1 aromatic rings. The molecule has 1 aromatic heterocycles. The van der Waals surface area contributed by atoms with E-state index in [4.69, 9.17) is 0 Å². The Kier molecular flexibility index (Phi) is 3.52. The summed E-state index contributed by atoms with van der Waals surface area (Å²) in [5.74, 6) is 0.588. The lowest BCUT2D eigenvalue weighted by Crippen LogP contribution is -1.97. The van der Waals surface area contributed by atoms with E-state index in [2.05, 4.69) is 37.0 Å². The van der Waals surface area contributed by atoms with Crippen molar-refractivity contribution < 1.29 is 0 Å². The van der Waals surface area contributed by atoms with Gasteiger partial charge in [-0.05, 0) is 31.4 Å². The van der Waals surface area contributed by atoms with Crippen LogP contribution in [0.3, 0.4) is 0 Å². The van der Waals surface area contributed by atoms with Gasteiger partial charge >= 0.3 is 0 Å². The summed E-state index contributed by atoms with van der Waals surface area (Å²) in [5.41, 5.74) is 1.17. The van der Waals surface area contributed by atoms with E-state index in [1.165, 1.54) is 5.69 Å². The molecule has 1 nitrogen and oxygen atoms in total. The van der Waals surface area contributed by atoms with E-state index < -0.39 is 0 Å². The number of hydrogen-bond donors (Lipinski definition) is 0. The molecule has 0 bridgehead atoms. The lowest BCUT2D eigenvalue weighted by molar-refractivity contribution is 0.706. The molecule has 1 unspecified atom stereocenters. The summed E-state index contributed by atoms with van der Waals surface area (Å²) in [6.45, 7) is 4.25. The molecule has 0 aromatic carbocycles. The highest BCUT2D eigenvalue weighted by Crippen LogP contribution is 2.06. The molecule has 0 aliphatic rings. The third-order valence-electron chi connectivity index (χ3n) is 1.78. The summed E-state index contributed by atoms with van der Waals surface area (Å²) in [6.07, 6.45) is 7.17. The molecule has 1 heteroatoms. The number of pyridine rings is 1. The monoisotopic (exact) mass is 161 g/mol. The first-order valence-electron chi connectivity index (χ1n) is 4.35. The fraction of sp³-hybridized carbons (Fsp3) is 0.364. The fourth-order valence-corrected chi connectivity index (χ4v) is 1.25. The lowest BCUT2D eigenvalue weighted by atomic mass is 10.1. The van der Waals surface area contributed by atoms with Crippen molar-refractivity contribution in [2.75, 3.05) is 0 Å². The second-order valence-corrected chi connectivity index (χ2v) is 3.03. The molecule has 1 heterocycles. The molecular formula is C11H15N. The predicted octanol–water partition coefficient (Wildman–Crippen LogP) is 2.84. The highest BCUT2D eigenvalue weighted by Gasteiger charge is 1.98. The van der Waals surface area contributed by atoms with Crippen LogP contribution in [-0.2, 0) is 6.42 Å². The first-order chi connectivity index (χ1) is 5.83. The number of rotatable bonds is 3. The van der Waals surface area contributed by atoms with Crippen molar-refractivity contribution in [1.82, 2.24) is 4.98 Å². The molecule has 0 N–H and O–H groups in total. The van der Waals surface area contributed by atoms with Gasteiger partial charge in [-0.15, -0.1) is 0 Å².